The van der Waals surface area contributed by atoms with Gasteiger partial charge in [-0.15, -0.1) is 11.3 Å². The van der Waals surface area contributed by atoms with Gasteiger partial charge in [0.1, 0.15) is 10.4 Å². The molecule has 4 heteroatoms. The standard InChI is InChI=1S/C12H10N2OS/c1-7-2-3-10-9(6-7)14-12(15-10)11-8(13)4-5-16-11/h2-6H,13H2,1H3. The number of hydrogen-bond donors (Lipinski definition) is 1. The predicted octanol–water partition coefficient (Wildman–Crippen LogP) is 3.45. The van der Waals surface area contributed by atoms with Gasteiger partial charge < -0.3 is 10.2 Å². The van der Waals surface area contributed by atoms with Crippen LogP contribution >= 0.6 is 11.3 Å². The number of benzene rings is 1. The van der Waals surface area contributed by atoms with Gasteiger partial charge in [0.2, 0.25) is 5.89 Å². The largest absolute Gasteiger partial charge is 0.435 e. The minimum atomic E-state index is 0.605. The summed E-state index contributed by atoms with van der Waals surface area (Å²) >= 11 is 1.54. The monoisotopic (exact) mass is 230 g/mol. The maximum atomic E-state index is 5.83. The third-order valence-corrected chi connectivity index (χ3v) is 3.35. The molecule has 1 aromatic carbocycles. The van der Waals surface area contributed by atoms with Gasteiger partial charge in [-0.25, -0.2) is 4.98 Å². The first kappa shape index (κ1) is 9.42. The molecule has 3 nitrogen and oxygen atoms in total. The molecule has 0 fully saturated rings. The predicted molar refractivity (Wildman–Crippen MR) is 66.5 cm³/mol. The van der Waals surface area contributed by atoms with E-state index in [2.05, 4.69) is 4.98 Å². The molecule has 0 saturated carbocycles. The summed E-state index contributed by atoms with van der Waals surface area (Å²) in [5.74, 6) is 0.605. The molecule has 0 unspecified atom stereocenters. The van der Waals surface area contributed by atoms with E-state index in [9.17, 15) is 0 Å². The smallest absolute Gasteiger partial charge is 0.239 e. The molecule has 0 saturated heterocycles. The molecular weight excluding hydrogens is 220 g/mol. The lowest BCUT2D eigenvalue weighted by Gasteiger charge is -1.90. The number of rotatable bonds is 1. The Balaban J connectivity index is 2.23. The lowest BCUT2D eigenvalue weighted by atomic mass is 10.2. The Bertz CT molecular complexity index is 654. The lowest BCUT2D eigenvalue weighted by molar-refractivity contribution is 0.622. The Labute approximate surface area is 96.5 Å². The summed E-state index contributed by atoms with van der Waals surface area (Å²) < 4.78 is 5.67. The molecule has 2 heterocycles. The molecule has 80 valence electrons. The summed E-state index contributed by atoms with van der Waals surface area (Å²) in [6.07, 6.45) is 0. The Morgan fingerprint density at radius 2 is 2.19 bits per heavy atom. The number of fused-ring (bicyclic) bond motifs is 1. The van der Waals surface area contributed by atoms with Crippen LogP contribution in [0.4, 0.5) is 5.69 Å². The zero-order chi connectivity index (χ0) is 11.1. The number of aryl methyl sites for hydroxylation is 1. The highest BCUT2D eigenvalue weighted by molar-refractivity contribution is 7.14. The van der Waals surface area contributed by atoms with Gasteiger partial charge >= 0.3 is 0 Å². The molecule has 0 aliphatic heterocycles. The van der Waals surface area contributed by atoms with Crippen LogP contribution in [0.2, 0.25) is 0 Å². The summed E-state index contributed by atoms with van der Waals surface area (Å²) in [7, 11) is 0. The third kappa shape index (κ3) is 1.39. The Morgan fingerprint density at radius 3 is 2.94 bits per heavy atom. The van der Waals surface area contributed by atoms with Gasteiger partial charge in [-0.2, -0.15) is 0 Å². The van der Waals surface area contributed by atoms with E-state index in [-0.39, 0.29) is 0 Å². The highest BCUT2D eigenvalue weighted by Crippen LogP contribution is 2.33. The number of anilines is 1. The van der Waals surface area contributed by atoms with Crippen molar-refractivity contribution in [2.45, 2.75) is 6.92 Å². The average molecular weight is 230 g/mol. The van der Waals surface area contributed by atoms with Crippen LogP contribution in [0, 0.1) is 6.92 Å². The quantitative estimate of drug-likeness (QED) is 0.696. The summed E-state index contributed by atoms with van der Waals surface area (Å²) in [6.45, 7) is 2.04. The molecule has 0 bridgehead atoms. The van der Waals surface area contributed by atoms with Gasteiger partial charge in [0.15, 0.2) is 5.58 Å². The van der Waals surface area contributed by atoms with Crippen LogP contribution in [-0.4, -0.2) is 4.98 Å². The molecule has 0 spiro atoms. The number of nitrogens with zero attached hydrogens (tertiary/aromatic N) is 1. The summed E-state index contributed by atoms with van der Waals surface area (Å²) in [4.78, 5) is 5.34. The SMILES string of the molecule is Cc1ccc2oc(-c3sccc3N)nc2c1. The van der Waals surface area contributed by atoms with E-state index in [1.54, 1.807) is 11.3 Å². The van der Waals surface area contributed by atoms with Crippen LogP contribution in [0.5, 0.6) is 0 Å². The Morgan fingerprint density at radius 1 is 1.31 bits per heavy atom. The average Bonchev–Trinajstić information content (AvgIpc) is 2.82. The number of oxazole rings is 1. The molecule has 0 aliphatic rings. The minimum Gasteiger partial charge on any atom is -0.435 e. The number of aromatic nitrogens is 1. The third-order valence-electron chi connectivity index (χ3n) is 2.43. The van der Waals surface area contributed by atoms with E-state index >= 15 is 0 Å². The summed E-state index contributed by atoms with van der Waals surface area (Å²) in [6, 6.07) is 7.81. The van der Waals surface area contributed by atoms with E-state index in [4.69, 9.17) is 10.2 Å². The number of nitrogens with two attached hydrogens (primary N) is 1. The summed E-state index contributed by atoms with van der Waals surface area (Å²) in [5, 5.41) is 1.94. The Kier molecular flexibility index (Phi) is 1.97. The zero-order valence-electron chi connectivity index (χ0n) is 8.73. The number of thiophene rings is 1. The maximum Gasteiger partial charge on any atom is 0.239 e. The second kappa shape index (κ2) is 3.35. The Hall–Kier alpha value is -1.81. The fraction of sp³-hybridized carbons (Fsp3) is 0.0833. The fourth-order valence-corrected chi connectivity index (χ4v) is 2.37. The first-order valence-electron chi connectivity index (χ1n) is 4.94. The fourth-order valence-electron chi connectivity index (χ4n) is 1.63. The second-order valence-electron chi connectivity index (χ2n) is 3.70. The van der Waals surface area contributed by atoms with Gasteiger partial charge in [-0.1, -0.05) is 6.07 Å². The van der Waals surface area contributed by atoms with Crippen molar-refractivity contribution in [3.05, 3.63) is 35.2 Å². The topological polar surface area (TPSA) is 52.0 Å². The van der Waals surface area contributed by atoms with Crippen molar-refractivity contribution >= 4 is 28.1 Å². The normalized spacial score (nSPS) is 11.1. The first-order valence-corrected chi connectivity index (χ1v) is 5.82. The van der Waals surface area contributed by atoms with Crippen molar-refractivity contribution in [3.8, 4) is 10.8 Å². The molecule has 0 radical (unpaired) electrons. The van der Waals surface area contributed by atoms with Crippen LogP contribution in [0.15, 0.2) is 34.1 Å². The van der Waals surface area contributed by atoms with Crippen LogP contribution < -0.4 is 5.73 Å². The molecule has 2 aromatic heterocycles. The first-order chi connectivity index (χ1) is 7.74. The highest BCUT2D eigenvalue weighted by atomic mass is 32.1. The van der Waals surface area contributed by atoms with Crippen LogP contribution in [-0.2, 0) is 0 Å². The van der Waals surface area contributed by atoms with E-state index < -0.39 is 0 Å². The second-order valence-corrected chi connectivity index (χ2v) is 4.61. The van der Waals surface area contributed by atoms with Crippen molar-refractivity contribution < 1.29 is 4.42 Å². The van der Waals surface area contributed by atoms with Crippen LogP contribution in [0.1, 0.15) is 5.56 Å². The van der Waals surface area contributed by atoms with Gasteiger partial charge in [0, 0.05) is 0 Å². The van der Waals surface area contributed by atoms with Crippen molar-refractivity contribution in [2.24, 2.45) is 0 Å². The lowest BCUT2D eigenvalue weighted by Crippen LogP contribution is -1.83. The van der Waals surface area contributed by atoms with Gasteiger partial charge in [-0.05, 0) is 36.1 Å². The molecule has 0 amide bonds. The molecule has 3 aromatic rings. The molecule has 3 rings (SSSR count). The molecular formula is C12H10N2OS. The number of hydrogen-bond acceptors (Lipinski definition) is 4. The van der Waals surface area contributed by atoms with Gasteiger partial charge in [0.05, 0.1) is 5.69 Å². The van der Waals surface area contributed by atoms with Crippen molar-refractivity contribution in [1.29, 1.82) is 0 Å². The maximum absolute atomic E-state index is 5.83. The van der Waals surface area contributed by atoms with Crippen LogP contribution in [0.25, 0.3) is 21.9 Å². The van der Waals surface area contributed by atoms with Crippen LogP contribution in [0.3, 0.4) is 0 Å². The van der Waals surface area contributed by atoms with E-state index in [1.165, 1.54) is 5.56 Å². The van der Waals surface area contributed by atoms with Crippen molar-refractivity contribution in [3.63, 3.8) is 0 Å². The van der Waals surface area contributed by atoms with E-state index in [1.807, 2.05) is 36.6 Å². The molecule has 0 atom stereocenters. The van der Waals surface area contributed by atoms with Crippen molar-refractivity contribution in [1.82, 2.24) is 4.98 Å². The molecule has 16 heavy (non-hydrogen) atoms. The number of nitrogen functional groups attached to an aromatic ring is 1. The van der Waals surface area contributed by atoms with Crippen molar-refractivity contribution in [2.75, 3.05) is 5.73 Å². The minimum absolute atomic E-state index is 0.605. The van der Waals surface area contributed by atoms with Gasteiger partial charge in [-0.3, -0.25) is 0 Å². The molecule has 0 aliphatic carbocycles. The molecule has 2 N–H and O–H groups in total. The van der Waals surface area contributed by atoms with E-state index in [0.29, 0.717) is 11.6 Å². The highest BCUT2D eigenvalue weighted by Gasteiger charge is 2.11. The van der Waals surface area contributed by atoms with Gasteiger partial charge in [0.25, 0.3) is 0 Å². The zero-order valence-corrected chi connectivity index (χ0v) is 9.54. The van der Waals surface area contributed by atoms with E-state index in [0.717, 1.165) is 16.0 Å². The summed E-state index contributed by atoms with van der Waals surface area (Å²) in [5.41, 5.74) is 9.40.